The molecule has 2 fully saturated rings. The maximum absolute atomic E-state index is 14.8. The molecule has 1 saturated carbocycles. The van der Waals surface area contributed by atoms with E-state index in [4.69, 9.17) is 5.73 Å². The van der Waals surface area contributed by atoms with Gasteiger partial charge in [-0.1, -0.05) is 12.1 Å². The summed E-state index contributed by atoms with van der Waals surface area (Å²) in [5.74, 6) is -5.45. The van der Waals surface area contributed by atoms with Gasteiger partial charge in [0, 0.05) is 36.4 Å². The molecular weight excluding hydrogens is 530 g/mol. The molecule has 3 N–H and O–H groups in total. The number of carbonyl (C=O) groups excluding carboxylic acids is 2. The van der Waals surface area contributed by atoms with E-state index in [1.165, 1.54) is 18.2 Å². The zero-order chi connectivity index (χ0) is 28.3. The number of aryl methyl sites for hydroxylation is 1. The normalized spacial score (nSPS) is 22.9. The fourth-order valence-electron chi connectivity index (χ4n) is 5.26. The number of aromatic nitrogens is 3. The third kappa shape index (κ3) is 4.99. The number of halogens is 6. The molecule has 1 aromatic carbocycles. The number of benzene rings is 1. The molecule has 3 heterocycles. The van der Waals surface area contributed by atoms with Crippen molar-refractivity contribution in [2.75, 3.05) is 18.8 Å². The Morgan fingerprint density at radius 2 is 1.92 bits per heavy atom. The SMILES string of the molecule is Cc1ccc(-c2cc(C(F)(F)F)c3c(N)ncnn23)cc1C(=O)N[C@@H]1CN(C(=O)C2CCC(F)(F)C2)C[C@@H]1F. The van der Waals surface area contributed by atoms with Crippen LogP contribution in [-0.4, -0.2) is 62.5 Å². The largest absolute Gasteiger partial charge is 0.418 e. The number of nitrogens with one attached hydrogen (secondary N) is 1. The number of nitrogens with two attached hydrogens (primary N) is 1. The van der Waals surface area contributed by atoms with Gasteiger partial charge >= 0.3 is 6.18 Å². The number of nitrogen functional groups attached to an aromatic ring is 1. The van der Waals surface area contributed by atoms with E-state index in [2.05, 4.69) is 15.4 Å². The van der Waals surface area contributed by atoms with Gasteiger partial charge in [-0.05, 0) is 31.0 Å². The molecule has 0 spiro atoms. The van der Waals surface area contributed by atoms with Crippen LogP contribution in [-0.2, 0) is 11.0 Å². The minimum atomic E-state index is -4.75. The number of hydrogen-bond donors (Lipinski definition) is 2. The maximum atomic E-state index is 14.8. The number of likely N-dealkylation sites (tertiary alicyclic amines) is 1. The summed E-state index contributed by atoms with van der Waals surface area (Å²) in [5.41, 5.74) is 5.00. The molecule has 1 unspecified atom stereocenters. The number of hydrogen-bond acceptors (Lipinski definition) is 5. The average Bonchev–Trinajstić information content (AvgIpc) is 3.54. The van der Waals surface area contributed by atoms with Crippen molar-refractivity contribution >= 4 is 23.1 Å². The van der Waals surface area contributed by atoms with Gasteiger partial charge in [-0.3, -0.25) is 9.59 Å². The van der Waals surface area contributed by atoms with Crippen molar-refractivity contribution in [1.29, 1.82) is 0 Å². The Balaban J connectivity index is 1.38. The number of nitrogens with zero attached hydrogens (tertiary/aromatic N) is 4. The van der Waals surface area contributed by atoms with Gasteiger partial charge < -0.3 is 16.0 Å². The van der Waals surface area contributed by atoms with Crippen LogP contribution in [0.1, 0.15) is 40.7 Å². The van der Waals surface area contributed by atoms with Crippen molar-refractivity contribution in [1.82, 2.24) is 24.8 Å². The number of anilines is 1. The molecule has 8 nitrogen and oxygen atoms in total. The van der Waals surface area contributed by atoms with Crippen LogP contribution in [0.25, 0.3) is 16.8 Å². The summed E-state index contributed by atoms with van der Waals surface area (Å²) in [6.45, 7) is 1.09. The molecule has 1 saturated heterocycles. The highest BCUT2D eigenvalue weighted by atomic mass is 19.4. The summed E-state index contributed by atoms with van der Waals surface area (Å²) in [5, 5.41) is 6.44. The first-order valence-electron chi connectivity index (χ1n) is 12.2. The number of rotatable bonds is 4. The van der Waals surface area contributed by atoms with E-state index < -0.39 is 66.0 Å². The fraction of sp³-hybridized carbons (Fsp3) is 0.440. The average molecular weight is 554 g/mol. The van der Waals surface area contributed by atoms with E-state index in [-0.39, 0.29) is 42.1 Å². The predicted molar refractivity (Wildman–Crippen MR) is 128 cm³/mol. The monoisotopic (exact) mass is 554 g/mol. The van der Waals surface area contributed by atoms with Crippen molar-refractivity contribution in [3.05, 3.63) is 47.3 Å². The highest BCUT2D eigenvalue weighted by molar-refractivity contribution is 5.97. The van der Waals surface area contributed by atoms with Crippen LogP contribution >= 0.6 is 0 Å². The van der Waals surface area contributed by atoms with Crippen LogP contribution in [0.2, 0.25) is 0 Å². The van der Waals surface area contributed by atoms with E-state index in [1.54, 1.807) is 6.92 Å². The number of alkyl halides is 6. The highest BCUT2D eigenvalue weighted by Crippen LogP contribution is 2.41. The Kier molecular flexibility index (Phi) is 6.46. The Morgan fingerprint density at radius 1 is 1.18 bits per heavy atom. The minimum Gasteiger partial charge on any atom is -0.382 e. The van der Waals surface area contributed by atoms with Crippen LogP contribution in [0, 0.1) is 12.8 Å². The van der Waals surface area contributed by atoms with Gasteiger partial charge in [0.1, 0.15) is 18.0 Å². The molecule has 208 valence electrons. The molecule has 5 rings (SSSR count). The quantitative estimate of drug-likeness (QED) is 0.474. The first-order valence-corrected chi connectivity index (χ1v) is 12.2. The summed E-state index contributed by atoms with van der Waals surface area (Å²) in [7, 11) is 0. The van der Waals surface area contributed by atoms with Gasteiger partial charge in [-0.25, -0.2) is 22.7 Å². The molecule has 1 aliphatic heterocycles. The van der Waals surface area contributed by atoms with Crippen LogP contribution in [0.4, 0.5) is 32.2 Å². The van der Waals surface area contributed by atoms with Gasteiger partial charge in [-0.2, -0.15) is 18.3 Å². The van der Waals surface area contributed by atoms with E-state index in [9.17, 15) is 35.9 Å². The molecule has 3 atom stereocenters. The zero-order valence-corrected chi connectivity index (χ0v) is 20.6. The second-order valence-corrected chi connectivity index (χ2v) is 10.0. The smallest absolute Gasteiger partial charge is 0.382 e. The second-order valence-electron chi connectivity index (χ2n) is 10.0. The molecule has 39 heavy (non-hydrogen) atoms. The Hall–Kier alpha value is -3.84. The number of amides is 2. The van der Waals surface area contributed by atoms with E-state index >= 15 is 0 Å². The van der Waals surface area contributed by atoms with Crippen molar-refractivity contribution in [3.8, 4) is 11.3 Å². The van der Waals surface area contributed by atoms with Gasteiger partial charge in [0.2, 0.25) is 11.8 Å². The first-order chi connectivity index (χ1) is 18.2. The molecule has 2 aliphatic rings. The summed E-state index contributed by atoms with van der Waals surface area (Å²) in [4.78, 5) is 30.6. The molecule has 14 heteroatoms. The topological polar surface area (TPSA) is 106 Å². The lowest BCUT2D eigenvalue weighted by Crippen LogP contribution is -2.42. The summed E-state index contributed by atoms with van der Waals surface area (Å²) in [6.07, 6.45) is -6.32. The molecule has 3 aromatic rings. The van der Waals surface area contributed by atoms with Gasteiger partial charge in [-0.15, -0.1) is 0 Å². The molecular formula is C25H24F6N6O2. The lowest BCUT2D eigenvalue weighted by molar-refractivity contribution is -0.136. The number of fused-ring (bicyclic) bond motifs is 1. The van der Waals surface area contributed by atoms with E-state index in [0.717, 1.165) is 21.8 Å². The van der Waals surface area contributed by atoms with Gasteiger partial charge in [0.25, 0.3) is 5.91 Å². The zero-order valence-electron chi connectivity index (χ0n) is 20.6. The summed E-state index contributed by atoms with van der Waals surface area (Å²) >= 11 is 0. The van der Waals surface area contributed by atoms with Crippen LogP contribution in [0.15, 0.2) is 30.6 Å². The van der Waals surface area contributed by atoms with Crippen molar-refractivity contribution in [2.45, 2.75) is 50.5 Å². The van der Waals surface area contributed by atoms with Crippen LogP contribution in [0.5, 0.6) is 0 Å². The van der Waals surface area contributed by atoms with Crippen molar-refractivity contribution < 1.29 is 35.9 Å². The fourth-order valence-corrected chi connectivity index (χ4v) is 5.26. The third-order valence-electron chi connectivity index (χ3n) is 7.30. The molecule has 0 radical (unpaired) electrons. The highest BCUT2D eigenvalue weighted by Gasteiger charge is 2.46. The van der Waals surface area contributed by atoms with Crippen LogP contribution < -0.4 is 11.1 Å². The predicted octanol–water partition coefficient (Wildman–Crippen LogP) is 4.02. The molecule has 2 aromatic heterocycles. The Bertz CT molecular complexity index is 1450. The third-order valence-corrected chi connectivity index (χ3v) is 7.30. The van der Waals surface area contributed by atoms with Crippen molar-refractivity contribution in [2.24, 2.45) is 5.92 Å². The van der Waals surface area contributed by atoms with Crippen LogP contribution in [0.3, 0.4) is 0 Å². The summed E-state index contributed by atoms with van der Waals surface area (Å²) < 4.78 is 84.0. The summed E-state index contributed by atoms with van der Waals surface area (Å²) in [6, 6.07) is 4.18. The lowest BCUT2D eigenvalue weighted by Gasteiger charge is -2.20. The maximum Gasteiger partial charge on any atom is 0.418 e. The molecule has 0 bridgehead atoms. The van der Waals surface area contributed by atoms with Gasteiger partial charge in [0.15, 0.2) is 5.82 Å². The van der Waals surface area contributed by atoms with E-state index in [1.807, 2.05) is 0 Å². The Labute approximate surface area is 218 Å². The second kappa shape index (κ2) is 9.42. The lowest BCUT2D eigenvalue weighted by atomic mass is 10.0. The standard InChI is InChI=1S/C25H24F6N6O2/c1-12-2-3-13(19-7-16(25(29,30)31)20-21(32)33-11-34-37(19)20)6-15(12)22(38)35-18-10-36(9-17(18)26)23(39)14-4-5-24(27,28)8-14/h2-3,6-7,11,14,17-18H,4-5,8-10H2,1H3,(H,35,38)(H2,32,33,34)/t14?,17-,18+/m0/s1. The first kappa shape index (κ1) is 26.8. The minimum absolute atomic E-state index is 0.00912. The van der Waals surface area contributed by atoms with Crippen molar-refractivity contribution in [3.63, 3.8) is 0 Å². The Morgan fingerprint density at radius 3 is 2.59 bits per heavy atom. The van der Waals surface area contributed by atoms with E-state index in [0.29, 0.717) is 5.56 Å². The number of carbonyl (C=O) groups is 2. The molecule has 1 aliphatic carbocycles. The van der Waals surface area contributed by atoms with Gasteiger partial charge in [0.05, 0.1) is 23.8 Å². The molecule has 2 amide bonds.